The average Bonchev–Trinajstić information content (AvgIpc) is 2.80. The zero-order chi connectivity index (χ0) is 14.2. The third kappa shape index (κ3) is 2.61. The zero-order valence-corrected chi connectivity index (χ0v) is 13.1. The highest BCUT2D eigenvalue weighted by Gasteiger charge is 2.41. The van der Waals surface area contributed by atoms with Crippen LogP contribution in [0.5, 0.6) is 0 Å². The molecular formula is C17H23NOS. The van der Waals surface area contributed by atoms with E-state index in [2.05, 4.69) is 32.0 Å². The Hall–Kier alpha value is -0.930. The molecule has 1 aliphatic carbocycles. The van der Waals surface area contributed by atoms with E-state index < -0.39 is 5.60 Å². The summed E-state index contributed by atoms with van der Waals surface area (Å²) in [7, 11) is 0. The van der Waals surface area contributed by atoms with Crippen LogP contribution in [-0.2, 0) is 6.42 Å². The van der Waals surface area contributed by atoms with Crippen LogP contribution in [-0.4, -0.2) is 15.7 Å². The number of aromatic nitrogens is 1. The number of hydrogen-bond acceptors (Lipinski definition) is 3. The Labute approximate surface area is 124 Å². The average molecular weight is 289 g/mol. The summed E-state index contributed by atoms with van der Waals surface area (Å²) in [6, 6.07) is 8.25. The van der Waals surface area contributed by atoms with E-state index in [1.165, 1.54) is 11.1 Å². The van der Waals surface area contributed by atoms with Crippen molar-refractivity contribution in [2.24, 2.45) is 11.8 Å². The first-order valence-electron chi connectivity index (χ1n) is 7.65. The van der Waals surface area contributed by atoms with Crippen molar-refractivity contribution < 1.29 is 5.11 Å². The Morgan fingerprint density at radius 3 is 2.90 bits per heavy atom. The van der Waals surface area contributed by atoms with Crippen LogP contribution < -0.4 is 0 Å². The van der Waals surface area contributed by atoms with E-state index in [9.17, 15) is 5.11 Å². The Kier molecular flexibility index (Phi) is 3.83. The van der Waals surface area contributed by atoms with Crippen molar-refractivity contribution >= 4 is 21.6 Å². The van der Waals surface area contributed by atoms with E-state index in [4.69, 9.17) is 4.98 Å². The van der Waals surface area contributed by atoms with Gasteiger partial charge in [-0.25, -0.2) is 4.98 Å². The van der Waals surface area contributed by atoms with Crippen LogP contribution >= 0.6 is 11.3 Å². The molecule has 0 bridgehead atoms. The molecule has 1 N–H and O–H groups in total. The quantitative estimate of drug-likeness (QED) is 0.907. The summed E-state index contributed by atoms with van der Waals surface area (Å²) in [6.07, 6.45) is 5.19. The number of aliphatic hydroxyl groups is 1. The monoisotopic (exact) mass is 289 g/mol. The Balaban J connectivity index is 1.87. The summed E-state index contributed by atoms with van der Waals surface area (Å²) in [4.78, 5) is 4.70. The van der Waals surface area contributed by atoms with Gasteiger partial charge in [0, 0.05) is 6.42 Å². The minimum absolute atomic E-state index is 0.406. The molecule has 1 heterocycles. The van der Waals surface area contributed by atoms with E-state index in [1.807, 2.05) is 6.07 Å². The SMILES string of the molecule is CC(C)C1CCCCC1(O)Cc1nc2ccccc2s1. The van der Waals surface area contributed by atoms with Crippen LogP contribution in [0.15, 0.2) is 24.3 Å². The van der Waals surface area contributed by atoms with Gasteiger partial charge in [-0.15, -0.1) is 11.3 Å². The predicted octanol–water partition coefficient (Wildman–Crippen LogP) is 4.42. The number of para-hydroxylation sites is 1. The lowest BCUT2D eigenvalue weighted by Gasteiger charge is -2.42. The van der Waals surface area contributed by atoms with Crippen LogP contribution in [0.1, 0.15) is 44.5 Å². The maximum absolute atomic E-state index is 11.1. The molecule has 2 nitrogen and oxygen atoms in total. The minimum Gasteiger partial charge on any atom is -0.389 e. The van der Waals surface area contributed by atoms with E-state index in [0.717, 1.165) is 36.2 Å². The first-order valence-corrected chi connectivity index (χ1v) is 8.47. The largest absolute Gasteiger partial charge is 0.389 e. The van der Waals surface area contributed by atoms with Gasteiger partial charge >= 0.3 is 0 Å². The number of nitrogens with zero attached hydrogens (tertiary/aromatic N) is 1. The van der Waals surface area contributed by atoms with Crippen LogP contribution in [0.25, 0.3) is 10.2 Å². The number of hydrogen-bond donors (Lipinski definition) is 1. The molecule has 1 aromatic heterocycles. The smallest absolute Gasteiger partial charge is 0.0967 e. The first kappa shape index (κ1) is 14.0. The molecular weight excluding hydrogens is 266 g/mol. The van der Waals surface area contributed by atoms with Crippen molar-refractivity contribution in [3.05, 3.63) is 29.3 Å². The van der Waals surface area contributed by atoms with Crippen LogP contribution in [0.2, 0.25) is 0 Å². The summed E-state index contributed by atoms with van der Waals surface area (Å²) in [5.74, 6) is 0.943. The fourth-order valence-electron chi connectivity index (χ4n) is 3.68. The molecule has 0 amide bonds. The molecule has 1 aromatic carbocycles. The molecule has 1 aliphatic rings. The van der Waals surface area contributed by atoms with Crippen molar-refractivity contribution in [1.29, 1.82) is 0 Å². The lowest BCUT2D eigenvalue weighted by molar-refractivity contribution is -0.0652. The Bertz CT molecular complexity index is 558. The van der Waals surface area contributed by atoms with Crippen LogP contribution in [0.3, 0.4) is 0 Å². The van der Waals surface area contributed by atoms with Gasteiger partial charge < -0.3 is 5.11 Å². The fraction of sp³-hybridized carbons (Fsp3) is 0.588. The normalized spacial score (nSPS) is 27.3. The van der Waals surface area contributed by atoms with E-state index in [-0.39, 0.29) is 0 Å². The number of thiazole rings is 1. The highest BCUT2D eigenvalue weighted by atomic mass is 32.1. The van der Waals surface area contributed by atoms with Gasteiger partial charge in [0.15, 0.2) is 0 Å². The van der Waals surface area contributed by atoms with E-state index >= 15 is 0 Å². The molecule has 0 aliphatic heterocycles. The predicted molar refractivity (Wildman–Crippen MR) is 85.1 cm³/mol. The second-order valence-corrected chi connectivity index (χ2v) is 7.57. The highest BCUT2D eigenvalue weighted by molar-refractivity contribution is 7.18. The number of benzene rings is 1. The zero-order valence-electron chi connectivity index (χ0n) is 12.3. The molecule has 0 spiro atoms. The maximum Gasteiger partial charge on any atom is 0.0967 e. The second-order valence-electron chi connectivity index (χ2n) is 6.45. The molecule has 2 atom stereocenters. The van der Waals surface area contributed by atoms with Gasteiger partial charge in [-0.05, 0) is 36.8 Å². The third-order valence-corrected chi connectivity index (χ3v) is 5.70. The van der Waals surface area contributed by atoms with Gasteiger partial charge in [0.1, 0.15) is 0 Å². The fourth-order valence-corrected chi connectivity index (χ4v) is 4.76. The molecule has 20 heavy (non-hydrogen) atoms. The molecule has 2 aromatic rings. The summed E-state index contributed by atoms with van der Waals surface area (Å²) < 4.78 is 1.23. The van der Waals surface area contributed by atoms with Crippen molar-refractivity contribution in [2.45, 2.75) is 51.6 Å². The Morgan fingerprint density at radius 2 is 2.15 bits per heavy atom. The number of rotatable bonds is 3. The van der Waals surface area contributed by atoms with Crippen molar-refractivity contribution in [1.82, 2.24) is 4.98 Å². The van der Waals surface area contributed by atoms with Crippen molar-refractivity contribution in [3.63, 3.8) is 0 Å². The molecule has 1 fully saturated rings. The van der Waals surface area contributed by atoms with Crippen molar-refractivity contribution in [3.8, 4) is 0 Å². The lowest BCUT2D eigenvalue weighted by Crippen LogP contribution is -2.45. The summed E-state index contributed by atoms with van der Waals surface area (Å²) in [6.45, 7) is 4.47. The summed E-state index contributed by atoms with van der Waals surface area (Å²) in [5.41, 5.74) is 0.508. The summed E-state index contributed by atoms with van der Waals surface area (Å²) >= 11 is 1.73. The molecule has 0 radical (unpaired) electrons. The van der Waals surface area contributed by atoms with Crippen LogP contribution in [0.4, 0.5) is 0 Å². The van der Waals surface area contributed by atoms with Gasteiger partial charge in [-0.1, -0.05) is 38.8 Å². The first-order chi connectivity index (χ1) is 9.58. The van der Waals surface area contributed by atoms with Gasteiger partial charge in [-0.2, -0.15) is 0 Å². The molecule has 0 saturated heterocycles. The molecule has 2 unspecified atom stereocenters. The molecule has 1 saturated carbocycles. The topological polar surface area (TPSA) is 33.1 Å². The maximum atomic E-state index is 11.1. The van der Waals surface area contributed by atoms with Gasteiger partial charge in [-0.3, -0.25) is 0 Å². The van der Waals surface area contributed by atoms with E-state index in [1.54, 1.807) is 11.3 Å². The standard InChI is InChI=1S/C17H23NOS/c1-12(2)13-7-5-6-10-17(13,19)11-16-18-14-8-3-4-9-15(14)20-16/h3-4,8-9,12-13,19H,5-7,10-11H2,1-2H3. The second kappa shape index (κ2) is 5.45. The third-order valence-electron chi connectivity index (χ3n) is 4.67. The Morgan fingerprint density at radius 1 is 1.35 bits per heavy atom. The van der Waals surface area contributed by atoms with Crippen molar-refractivity contribution in [2.75, 3.05) is 0 Å². The molecule has 108 valence electrons. The van der Waals surface area contributed by atoms with Gasteiger partial charge in [0.05, 0.1) is 20.8 Å². The van der Waals surface area contributed by atoms with Crippen LogP contribution in [0, 0.1) is 11.8 Å². The summed E-state index contributed by atoms with van der Waals surface area (Å²) in [5, 5.41) is 12.2. The van der Waals surface area contributed by atoms with Gasteiger partial charge in [0.25, 0.3) is 0 Å². The highest BCUT2D eigenvalue weighted by Crippen LogP contribution is 2.41. The molecule has 3 rings (SSSR count). The minimum atomic E-state index is -0.555. The van der Waals surface area contributed by atoms with E-state index in [0.29, 0.717) is 11.8 Å². The molecule has 3 heteroatoms. The number of fused-ring (bicyclic) bond motifs is 1. The lowest BCUT2D eigenvalue weighted by atomic mass is 9.69. The van der Waals surface area contributed by atoms with Gasteiger partial charge in [0.2, 0.25) is 0 Å².